The number of halogens is 2. The van der Waals surface area contributed by atoms with Gasteiger partial charge in [0.1, 0.15) is 0 Å². The zero-order valence-corrected chi connectivity index (χ0v) is 13.9. The summed E-state index contributed by atoms with van der Waals surface area (Å²) in [4.78, 5) is 0. The first-order chi connectivity index (χ1) is 9.10. The van der Waals surface area contributed by atoms with Crippen LogP contribution >= 0.6 is 34.2 Å². The average molecular weight is 390 g/mol. The summed E-state index contributed by atoms with van der Waals surface area (Å²) in [5.74, 6) is 0. The molecule has 1 aromatic carbocycles. The van der Waals surface area contributed by atoms with E-state index in [-0.39, 0.29) is 0 Å². The highest BCUT2D eigenvalue weighted by atomic mass is 127. The zero-order valence-electron chi connectivity index (χ0n) is 11.0. The molecule has 5 heteroatoms. The fourth-order valence-electron chi connectivity index (χ4n) is 1.72. The highest BCUT2D eigenvalue weighted by molar-refractivity contribution is 14.1. The molecule has 1 heterocycles. The van der Waals surface area contributed by atoms with Gasteiger partial charge in [-0.1, -0.05) is 18.5 Å². The van der Waals surface area contributed by atoms with Crippen molar-refractivity contribution in [2.24, 2.45) is 0 Å². The maximum atomic E-state index is 6.18. The number of rotatable bonds is 5. The molecule has 1 atom stereocenters. The molecule has 0 aliphatic carbocycles. The van der Waals surface area contributed by atoms with Crippen molar-refractivity contribution < 1.29 is 0 Å². The third-order valence-corrected chi connectivity index (χ3v) is 4.08. The lowest BCUT2D eigenvalue weighted by atomic mass is 10.3. The molecule has 1 N–H and O–H groups in total. The molecule has 0 radical (unpaired) electrons. The van der Waals surface area contributed by atoms with E-state index in [9.17, 15) is 0 Å². The van der Waals surface area contributed by atoms with Gasteiger partial charge in [0.15, 0.2) is 0 Å². The lowest BCUT2D eigenvalue weighted by molar-refractivity contribution is 0.474. The van der Waals surface area contributed by atoms with Crippen LogP contribution in [0.5, 0.6) is 0 Å². The van der Waals surface area contributed by atoms with Gasteiger partial charge in [0.2, 0.25) is 0 Å². The minimum absolute atomic E-state index is 0.440. The van der Waals surface area contributed by atoms with Crippen LogP contribution in [-0.2, 0) is 6.54 Å². The molecular formula is C14H17ClIN3. The minimum Gasteiger partial charge on any atom is -0.378 e. The highest BCUT2D eigenvalue weighted by Gasteiger charge is 2.05. The third kappa shape index (κ3) is 3.86. The lowest BCUT2D eigenvalue weighted by Gasteiger charge is -2.09. The normalized spacial score (nSPS) is 12.4. The number of hydrogen-bond acceptors (Lipinski definition) is 2. The first-order valence-corrected chi connectivity index (χ1v) is 7.78. The zero-order chi connectivity index (χ0) is 13.8. The molecule has 2 rings (SSSR count). The van der Waals surface area contributed by atoms with E-state index in [4.69, 9.17) is 11.6 Å². The van der Waals surface area contributed by atoms with Crippen molar-refractivity contribution in [2.45, 2.75) is 32.9 Å². The molecule has 1 unspecified atom stereocenters. The van der Waals surface area contributed by atoms with Gasteiger partial charge in [-0.2, -0.15) is 5.10 Å². The van der Waals surface area contributed by atoms with Crippen LogP contribution in [0.15, 0.2) is 30.5 Å². The molecule has 3 nitrogen and oxygen atoms in total. The molecule has 19 heavy (non-hydrogen) atoms. The van der Waals surface area contributed by atoms with E-state index >= 15 is 0 Å². The summed E-state index contributed by atoms with van der Waals surface area (Å²) in [5.41, 5.74) is 1.97. The number of nitrogens with zero attached hydrogens (tertiary/aromatic N) is 2. The summed E-state index contributed by atoms with van der Waals surface area (Å²) in [6.07, 6.45) is 3.11. The molecule has 0 spiro atoms. The quantitative estimate of drug-likeness (QED) is 0.750. The number of anilines is 1. The smallest absolute Gasteiger partial charge is 0.0815 e. The second-order valence-electron chi connectivity index (χ2n) is 4.52. The van der Waals surface area contributed by atoms with Crippen LogP contribution in [0.25, 0.3) is 0 Å². The Hall–Kier alpha value is -0.750. The van der Waals surface area contributed by atoms with Gasteiger partial charge in [0, 0.05) is 15.8 Å². The maximum absolute atomic E-state index is 6.18. The van der Waals surface area contributed by atoms with Gasteiger partial charge >= 0.3 is 0 Å². The van der Waals surface area contributed by atoms with Crippen molar-refractivity contribution in [3.63, 3.8) is 0 Å². The molecule has 0 aliphatic rings. The Balaban J connectivity index is 2.00. The molecule has 2 aromatic rings. The SMILES string of the molecule is CCC(C)n1ccc(CNc2ccc(I)cc2Cl)n1. The van der Waals surface area contributed by atoms with Crippen molar-refractivity contribution >= 4 is 39.9 Å². The van der Waals surface area contributed by atoms with E-state index in [0.29, 0.717) is 12.6 Å². The second-order valence-corrected chi connectivity index (χ2v) is 6.17. The average Bonchev–Trinajstić information content (AvgIpc) is 2.85. The summed E-state index contributed by atoms with van der Waals surface area (Å²) in [7, 11) is 0. The van der Waals surface area contributed by atoms with Crippen LogP contribution in [0.3, 0.4) is 0 Å². The van der Waals surface area contributed by atoms with Gasteiger partial charge < -0.3 is 5.32 Å². The second kappa shape index (κ2) is 6.61. The van der Waals surface area contributed by atoms with E-state index in [1.807, 2.05) is 35.1 Å². The van der Waals surface area contributed by atoms with Crippen molar-refractivity contribution in [3.8, 4) is 0 Å². The third-order valence-electron chi connectivity index (χ3n) is 3.10. The van der Waals surface area contributed by atoms with Crippen LogP contribution in [0.4, 0.5) is 5.69 Å². The predicted octanol–water partition coefficient (Wildman–Crippen LogP) is 4.72. The van der Waals surface area contributed by atoms with Gasteiger partial charge in [-0.25, -0.2) is 0 Å². The van der Waals surface area contributed by atoms with E-state index in [2.05, 4.69) is 46.9 Å². The van der Waals surface area contributed by atoms with Crippen molar-refractivity contribution in [1.82, 2.24) is 9.78 Å². The van der Waals surface area contributed by atoms with Crippen molar-refractivity contribution in [1.29, 1.82) is 0 Å². The number of benzene rings is 1. The van der Waals surface area contributed by atoms with E-state index in [1.54, 1.807) is 0 Å². The van der Waals surface area contributed by atoms with E-state index in [1.165, 1.54) is 0 Å². The predicted molar refractivity (Wildman–Crippen MR) is 88.7 cm³/mol. The first-order valence-electron chi connectivity index (χ1n) is 6.33. The Morgan fingerprint density at radius 1 is 1.42 bits per heavy atom. The Morgan fingerprint density at radius 3 is 2.89 bits per heavy atom. The van der Waals surface area contributed by atoms with Gasteiger partial charge in [-0.05, 0) is 60.2 Å². The van der Waals surface area contributed by atoms with Gasteiger partial charge in [0.05, 0.1) is 22.9 Å². The largest absolute Gasteiger partial charge is 0.378 e. The molecule has 102 valence electrons. The van der Waals surface area contributed by atoms with Gasteiger partial charge in [-0.3, -0.25) is 4.68 Å². The first kappa shape index (κ1) is 14.7. The molecule has 0 amide bonds. The van der Waals surface area contributed by atoms with Crippen LogP contribution < -0.4 is 5.32 Å². The molecule has 0 saturated heterocycles. The molecule has 0 saturated carbocycles. The van der Waals surface area contributed by atoms with Crippen molar-refractivity contribution in [2.75, 3.05) is 5.32 Å². The fraction of sp³-hybridized carbons (Fsp3) is 0.357. The maximum Gasteiger partial charge on any atom is 0.0815 e. The minimum atomic E-state index is 0.440. The van der Waals surface area contributed by atoms with E-state index < -0.39 is 0 Å². The Morgan fingerprint density at radius 2 is 2.21 bits per heavy atom. The van der Waals surface area contributed by atoms with Crippen LogP contribution in [0, 0.1) is 3.57 Å². The summed E-state index contributed by atoms with van der Waals surface area (Å²) in [6, 6.07) is 8.46. The van der Waals surface area contributed by atoms with Crippen LogP contribution in [0.2, 0.25) is 5.02 Å². The number of aromatic nitrogens is 2. The summed E-state index contributed by atoms with van der Waals surface area (Å²) >= 11 is 8.43. The van der Waals surface area contributed by atoms with Gasteiger partial charge in [-0.15, -0.1) is 0 Å². The molecular weight excluding hydrogens is 373 g/mol. The summed E-state index contributed by atoms with van der Waals surface area (Å²) in [5, 5.41) is 8.61. The lowest BCUT2D eigenvalue weighted by Crippen LogP contribution is -2.06. The highest BCUT2D eigenvalue weighted by Crippen LogP contribution is 2.24. The standard InChI is InChI=1S/C14H17ClIN3/c1-3-10(2)19-7-6-12(18-19)9-17-14-5-4-11(16)8-13(14)15/h4-8,10,17H,3,9H2,1-2H3. The van der Waals surface area contributed by atoms with Crippen LogP contribution in [0.1, 0.15) is 32.0 Å². The topological polar surface area (TPSA) is 29.9 Å². The number of hydrogen-bond donors (Lipinski definition) is 1. The Bertz CT molecular complexity index is 553. The Labute approximate surface area is 132 Å². The van der Waals surface area contributed by atoms with Crippen LogP contribution in [-0.4, -0.2) is 9.78 Å². The monoisotopic (exact) mass is 389 g/mol. The fourth-order valence-corrected chi connectivity index (χ4v) is 2.65. The van der Waals surface area contributed by atoms with E-state index in [0.717, 1.165) is 26.4 Å². The summed E-state index contributed by atoms with van der Waals surface area (Å²) < 4.78 is 3.14. The molecule has 0 aliphatic heterocycles. The molecule has 0 bridgehead atoms. The number of nitrogens with one attached hydrogen (secondary N) is 1. The Kier molecular flexibility index (Phi) is 5.10. The summed E-state index contributed by atoms with van der Waals surface area (Å²) in [6.45, 7) is 5.01. The van der Waals surface area contributed by atoms with Crippen molar-refractivity contribution in [3.05, 3.63) is 44.7 Å². The molecule has 1 aromatic heterocycles. The molecule has 0 fully saturated rings. The van der Waals surface area contributed by atoms with Gasteiger partial charge in [0.25, 0.3) is 0 Å².